The van der Waals surface area contributed by atoms with Crippen LogP contribution in [0.3, 0.4) is 0 Å². The first kappa shape index (κ1) is 22.4. The van der Waals surface area contributed by atoms with Crippen LogP contribution in [0.2, 0.25) is 0 Å². The average Bonchev–Trinajstić information content (AvgIpc) is 3.27. The molecule has 0 fully saturated rings. The summed E-state index contributed by atoms with van der Waals surface area (Å²) in [6, 6.07) is 16.9. The molecule has 9 heteroatoms. The van der Waals surface area contributed by atoms with Crippen molar-refractivity contribution in [1.82, 2.24) is 19.5 Å². The zero-order valence-corrected chi connectivity index (χ0v) is 20.5. The molecule has 5 rings (SSSR count). The SMILES string of the molecule is COc1ccc(-c2cc3nc(CSc4nc5ccccc5c(=O)n4C(C)C)[nH]c(=O)c3s2)cc1. The molecule has 0 radical (unpaired) electrons. The molecule has 5 aromatic rings. The smallest absolute Gasteiger partial charge is 0.268 e. The van der Waals surface area contributed by atoms with E-state index in [0.29, 0.717) is 37.9 Å². The lowest BCUT2D eigenvalue weighted by molar-refractivity contribution is 0.415. The normalized spacial score (nSPS) is 11.5. The molecule has 3 heterocycles. The second kappa shape index (κ2) is 9.08. The highest BCUT2D eigenvalue weighted by molar-refractivity contribution is 7.98. The van der Waals surface area contributed by atoms with E-state index in [9.17, 15) is 9.59 Å². The number of methoxy groups -OCH3 is 1. The average molecular weight is 491 g/mol. The highest BCUT2D eigenvalue weighted by Gasteiger charge is 2.16. The van der Waals surface area contributed by atoms with Crippen molar-refractivity contribution in [3.8, 4) is 16.2 Å². The van der Waals surface area contributed by atoms with Gasteiger partial charge in [-0.05, 0) is 61.9 Å². The summed E-state index contributed by atoms with van der Waals surface area (Å²) in [5, 5.41) is 1.20. The molecular weight excluding hydrogens is 468 g/mol. The molecule has 0 unspecified atom stereocenters. The van der Waals surface area contributed by atoms with E-state index in [1.807, 2.05) is 62.4 Å². The number of hydrogen-bond acceptors (Lipinski definition) is 7. The minimum absolute atomic E-state index is 0.0504. The number of aromatic nitrogens is 4. The molecule has 0 aliphatic rings. The Morgan fingerprint density at radius 2 is 1.82 bits per heavy atom. The minimum atomic E-state index is -0.168. The highest BCUT2D eigenvalue weighted by atomic mass is 32.2. The van der Waals surface area contributed by atoms with E-state index >= 15 is 0 Å². The Balaban J connectivity index is 1.48. The maximum absolute atomic E-state index is 13.0. The van der Waals surface area contributed by atoms with Crippen LogP contribution in [-0.4, -0.2) is 26.6 Å². The first-order valence-electron chi connectivity index (χ1n) is 10.8. The molecule has 0 amide bonds. The topological polar surface area (TPSA) is 89.9 Å². The van der Waals surface area contributed by atoms with Crippen molar-refractivity contribution in [3.63, 3.8) is 0 Å². The Hall–Kier alpha value is -3.43. The molecular formula is C25H22N4O3S2. The number of ether oxygens (including phenoxy) is 1. The molecule has 0 bridgehead atoms. The predicted molar refractivity (Wildman–Crippen MR) is 138 cm³/mol. The quantitative estimate of drug-likeness (QED) is 0.259. The van der Waals surface area contributed by atoms with E-state index in [2.05, 4.69) is 9.97 Å². The van der Waals surface area contributed by atoms with Crippen LogP contribution in [0.4, 0.5) is 0 Å². The summed E-state index contributed by atoms with van der Waals surface area (Å²) >= 11 is 2.80. The van der Waals surface area contributed by atoms with Crippen LogP contribution >= 0.6 is 23.1 Å². The van der Waals surface area contributed by atoms with Crippen molar-refractivity contribution in [1.29, 1.82) is 0 Å². The second-order valence-corrected chi connectivity index (χ2v) is 10.0. The Kier molecular flexibility index (Phi) is 5.97. The highest BCUT2D eigenvalue weighted by Crippen LogP contribution is 2.32. The fourth-order valence-electron chi connectivity index (χ4n) is 3.77. The largest absolute Gasteiger partial charge is 0.497 e. The zero-order chi connectivity index (χ0) is 23.8. The molecule has 0 atom stereocenters. The lowest BCUT2D eigenvalue weighted by atomic mass is 10.2. The lowest BCUT2D eigenvalue weighted by Gasteiger charge is -2.15. The van der Waals surface area contributed by atoms with E-state index in [1.165, 1.54) is 23.1 Å². The van der Waals surface area contributed by atoms with Gasteiger partial charge >= 0.3 is 0 Å². The van der Waals surface area contributed by atoms with Crippen LogP contribution in [0.5, 0.6) is 5.75 Å². The first-order valence-corrected chi connectivity index (χ1v) is 12.6. The van der Waals surface area contributed by atoms with E-state index in [4.69, 9.17) is 9.72 Å². The summed E-state index contributed by atoms with van der Waals surface area (Å²) in [5.41, 5.74) is 2.08. The molecule has 0 spiro atoms. The number of para-hydroxylation sites is 1. The van der Waals surface area contributed by atoms with Crippen molar-refractivity contribution in [3.05, 3.63) is 81.1 Å². The van der Waals surface area contributed by atoms with Crippen LogP contribution in [-0.2, 0) is 5.75 Å². The first-order chi connectivity index (χ1) is 16.4. The van der Waals surface area contributed by atoms with Crippen LogP contribution in [0.25, 0.3) is 31.6 Å². The number of thioether (sulfide) groups is 1. The fourth-order valence-corrected chi connectivity index (χ4v) is 5.77. The second-order valence-electron chi connectivity index (χ2n) is 8.04. The summed E-state index contributed by atoms with van der Waals surface area (Å²) in [6.07, 6.45) is 0. The van der Waals surface area contributed by atoms with Gasteiger partial charge in [0.2, 0.25) is 0 Å². The maximum atomic E-state index is 13.0. The number of fused-ring (bicyclic) bond motifs is 2. The van der Waals surface area contributed by atoms with Gasteiger partial charge in [0.1, 0.15) is 16.3 Å². The molecule has 172 valence electrons. The third kappa shape index (κ3) is 4.12. The number of hydrogen-bond donors (Lipinski definition) is 1. The third-order valence-corrected chi connectivity index (χ3v) is 7.57. The van der Waals surface area contributed by atoms with Gasteiger partial charge < -0.3 is 9.72 Å². The number of nitrogens with zero attached hydrogens (tertiary/aromatic N) is 3. The van der Waals surface area contributed by atoms with Gasteiger partial charge in [0, 0.05) is 10.9 Å². The van der Waals surface area contributed by atoms with E-state index in [1.54, 1.807) is 17.7 Å². The lowest BCUT2D eigenvalue weighted by Crippen LogP contribution is -2.25. The van der Waals surface area contributed by atoms with Crippen molar-refractivity contribution in [2.24, 2.45) is 0 Å². The van der Waals surface area contributed by atoms with Gasteiger partial charge in [-0.3, -0.25) is 14.2 Å². The minimum Gasteiger partial charge on any atom is -0.497 e. The van der Waals surface area contributed by atoms with Crippen molar-refractivity contribution in [2.45, 2.75) is 30.8 Å². The van der Waals surface area contributed by atoms with Crippen molar-refractivity contribution < 1.29 is 4.74 Å². The maximum Gasteiger partial charge on any atom is 0.268 e. The van der Waals surface area contributed by atoms with Gasteiger partial charge in [0.05, 0.1) is 29.3 Å². The molecule has 34 heavy (non-hydrogen) atoms. The number of aromatic amines is 1. The molecule has 2 aromatic carbocycles. The molecule has 7 nitrogen and oxygen atoms in total. The van der Waals surface area contributed by atoms with E-state index < -0.39 is 0 Å². The van der Waals surface area contributed by atoms with E-state index in [0.717, 1.165) is 16.2 Å². The van der Waals surface area contributed by atoms with Crippen LogP contribution in [0.15, 0.2) is 69.3 Å². The number of thiophene rings is 1. The monoisotopic (exact) mass is 490 g/mol. The predicted octanol–water partition coefficient (Wildman–Crippen LogP) is 5.24. The van der Waals surface area contributed by atoms with Crippen molar-refractivity contribution in [2.75, 3.05) is 7.11 Å². The van der Waals surface area contributed by atoms with Gasteiger partial charge in [-0.15, -0.1) is 11.3 Å². The van der Waals surface area contributed by atoms with Gasteiger partial charge in [-0.25, -0.2) is 9.97 Å². The summed E-state index contributed by atoms with van der Waals surface area (Å²) in [5.74, 6) is 1.71. The Bertz CT molecular complexity index is 1620. The fraction of sp³-hybridized carbons (Fsp3) is 0.200. The number of benzene rings is 2. The third-order valence-electron chi connectivity index (χ3n) is 5.44. The van der Waals surface area contributed by atoms with E-state index in [-0.39, 0.29) is 17.2 Å². The van der Waals surface area contributed by atoms with Crippen LogP contribution in [0, 0.1) is 0 Å². The van der Waals surface area contributed by atoms with Gasteiger partial charge in [0.15, 0.2) is 5.16 Å². The Morgan fingerprint density at radius 3 is 2.56 bits per heavy atom. The van der Waals surface area contributed by atoms with Gasteiger partial charge in [-0.2, -0.15) is 0 Å². The molecule has 1 N–H and O–H groups in total. The number of H-pyrrole nitrogens is 1. The van der Waals surface area contributed by atoms with Crippen LogP contribution < -0.4 is 15.9 Å². The molecule has 0 aliphatic heterocycles. The standard InChI is InChI=1S/C25H22N4O3S2/c1-14(2)29-24(31)17-6-4-5-7-18(17)27-25(29)33-13-21-26-19-12-20(34-22(19)23(30)28-21)15-8-10-16(32-3)11-9-15/h4-12,14H,13H2,1-3H3,(H,26,28,30). The summed E-state index contributed by atoms with van der Waals surface area (Å²) in [6.45, 7) is 3.92. The molecule has 0 saturated carbocycles. The molecule has 3 aromatic heterocycles. The summed E-state index contributed by atoms with van der Waals surface area (Å²) in [7, 11) is 1.63. The summed E-state index contributed by atoms with van der Waals surface area (Å²) < 4.78 is 7.50. The summed E-state index contributed by atoms with van der Waals surface area (Å²) in [4.78, 5) is 39.1. The molecule has 0 saturated heterocycles. The zero-order valence-electron chi connectivity index (χ0n) is 18.9. The van der Waals surface area contributed by atoms with Crippen LogP contribution in [0.1, 0.15) is 25.7 Å². The van der Waals surface area contributed by atoms with Gasteiger partial charge in [-0.1, -0.05) is 23.9 Å². The Labute approximate surface area is 203 Å². The van der Waals surface area contributed by atoms with Gasteiger partial charge in [0.25, 0.3) is 11.1 Å². The Morgan fingerprint density at radius 1 is 1.06 bits per heavy atom. The number of rotatable bonds is 6. The number of nitrogens with one attached hydrogen (secondary N) is 1. The molecule has 0 aliphatic carbocycles. The van der Waals surface area contributed by atoms with Crippen molar-refractivity contribution >= 4 is 44.2 Å².